The van der Waals surface area contributed by atoms with E-state index < -0.39 is 16.1 Å². The van der Waals surface area contributed by atoms with Crippen LogP contribution >= 0.6 is 11.3 Å². The molecular formula is C14H21N3O2S2. The number of piperidine rings is 1. The highest BCUT2D eigenvalue weighted by Gasteiger charge is 2.42. The molecule has 1 atom stereocenters. The Bertz CT molecular complexity index is 643. The minimum atomic E-state index is -3.42. The van der Waals surface area contributed by atoms with Crippen molar-refractivity contribution in [3.8, 4) is 6.07 Å². The van der Waals surface area contributed by atoms with E-state index in [0.29, 0.717) is 13.0 Å². The summed E-state index contributed by atoms with van der Waals surface area (Å²) in [5.74, 6) is 0.0459. The van der Waals surface area contributed by atoms with Gasteiger partial charge in [0.25, 0.3) is 0 Å². The fourth-order valence-electron chi connectivity index (χ4n) is 2.79. The molecule has 2 rings (SSSR count). The highest BCUT2D eigenvalue weighted by atomic mass is 32.2. The lowest BCUT2D eigenvalue weighted by molar-refractivity contribution is 0.139. The lowest BCUT2D eigenvalue weighted by Crippen LogP contribution is -2.52. The van der Waals surface area contributed by atoms with Crippen LogP contribution in [-0.2, 0) is 16.4 Å². The van der Waals surface area contributed by atoms with E-state index in [1.54, 1.807) is 5.51 Å². The molecule has 1 aromatic rings. The summed E-state index contributed by atoms with van der Waals surface area (Å²) < 4.78 is 26.6. The highest BCUT2D eigenvalue weighted by Crippen LogP contribution is 2.36. The van der Waals surface area contributed by atoms with Gasteiger partial charge in [-0.05, 0) is 31.6 Å². The maximum absolute atomic E-state index is 12.6. The Balaban J connectivity index is 2.15. The van der Waals surface area contributed by atoms with Gasteiger partial charge >= 0.3 is 0 Å². The van der Waals surface area contributed by atoms with Gasteiger partial charge in [0.05, 0.1) is 23.0 Å². The number of thiazole rings is 1. The average Bonchev–Trinajstić information content (AvgIpc) is 2.80. The molecule has 1 aromatic heterocycles. The van der Waals surface area contributed by atoms with Crippen molar-refractivity contribution in [1.29, 1.82) is 5.26 Å². The molecule has 0 bridgehead atoms. The molecule has 0 aliphatic carbocycles. The second kappa shape index (κ2) is 6.03. The molecule has 7 heteroatoms. The summed E-state index contributed by atoms with van der Waals surface area (Å²) in [6.07, 6.45) is 2.16. The Hall–Kier alpha value is -0.970. The van der Waals surface area contributed by atoms with Crippen LogP contribution in [0.15, 0.2) is 5.51 Å². The van der Waals surface area contributed by atoms with Crippen LogP contribution in [0.1, 0.15) is 37.3 Å². The second-order valence-electron chi connectivity index (χ2n) is 6.16. The number of sulfonamides is 1. The van der Waals surface area contributed by atoms with Crippen LogP contribution < -0.4 is 0 Å². The Morgan fingerprint density at radius 3 is 2.86 bits per heavy atom. The summed E-state index contributed by atoms with van der Waals surface area (Å²) >= 11 is 1.48. The van der Waals surface area contributed by atoms with Crippen molar-refractivity contribution in [3.63, 3.8) is 0 Å². The number of hydrogen-bond acceptors (Lipinski definition) is 5. The number of aryl methyl sites for hydroxylation is 2. The van der Waals surface area contributed by atoms with Gasteiger partial charge in [0.2, 0.25) is 10.0 Å². The lowest BCUT2D eigenvalue weighted by atomic mass is 9.78. The van der Waals surface area contributed by atoms with Crippen LogP contribution in [0.2, 0.25) is 0 Å². The Labute approximate surface area is 130 Å². The molecule has 116 valence electrons. The SMILES string of the molecule is Cc1ncsc1CCS(=O)(=O)N1CCCC(C)(C)C1C#N. The third-order valence-electron chi connectivity index (χ3n) is 4.14. The summed E-state index contributed by atoms with van der Waals surface area (Å²) in [7, 11) is -3.42. The van der Waals surface area contributed by atoms with Gasteiger partial charge in [0, 0.05) is 11.4 Å². The van der Waals surface area contributed by atoms with Crippen molar-refractivity contribution in [2.24, 2.45) is 5.41 Å². The normalized spacial score (nSPS) is 22.9. The smallest absolute Gasteiger partial charge is 0.215 e. The van der Waals surface area contributed by atoms with E-state index in [-0.39, 0.29) is 11.2 Å². The van der Waals surface area contributed by atoms with Crippen LogP contribution in [0.25, 0.3) is 0 Å². The van der Waals surface area contributed by atoms with Crippen LogP contribution in [0.3, 0.4) is 0 Å². The third-order valence-corrected chi connectivity index (χ3v) is 6.96. The molecule has 0 N–H and O–H groups in total. The fraction of sp³-hybridized carbons (Fsp3) is 0.714. The van der Waals surface area contributed by atoms with Crippen molar-refractivity contribution in [2.45, 2.75) is 46.1 Å². The first kappa shape index (κ1) is 16.4. The van der Waals surface area contributed by atoms with Gasteiger partial charge in [-0.15, -0.1) is 11.3 Å². The van der Waals surface area contributed by atoms with Crippen molar-refractivity contribution in [2.75, 3.05) is 12.3 Å². The summed E-state index contributed by atoms with van der Waals surface area (Å²) in [6, 6.07) is 1.62. The van der Waals surface area contributed by atoms with Crippen LogP contribution in [0, 0.1) is 23.7 Å². The van der Waals surface area contributed by atoms with E-state index >= 15 is 0 Å². The molecular weight excluding hydrogens is 306 g/mol. The first-order valence-electron chi connectivity index (χ1n) is 7.06. The van der Waals surface area contributed by atoms with Gasteiger partial charge in [0.1, 0.15) is 6.04 Å². The predicted molar refractivity (Wildman–Crippen MR) is 83.5 cm³/mol. The van der Waals surface area contributed by atoms with E-state index in [0.717, 1.165) is 23.4 Å². The van der Waals surface area contributed by atoms with Crippen LogP contribution in [0.4, 0.5) is 0 Å². The zero-order valence-corrected chi connectivity index (χ0v) is 14.3. The summed E-state index contributed by atoms with van der Waals surface area (Å²) in [6.45, 7) is 6.28. The molecule has 0 saturated carbocycles. The van der Waals surface area contributed by atoms with E-state index in [4.69, 9.17) is 0 Å². The summed E-state index contributed by atoms with van der Waals surface area (Å²) in [5.41, 5.74) is 2.34. The Morgan fingerprint density at radius 1 is 1.57 bits per heavy atom. The molecule has 2 heterocycles. The summed E-state index contributed by atoms with van der Waals surface area (Å²) in [5, 5.41) is 9.39. The zero-order valence-electron chi connectivity index (χ0n) is 12.7. The Morgan fingerprint density at radius 2 is 2.29 bits per heavy atom. The lowest BCUT2D eigenvalue weighted by Gasteiger charge is -2.41. The zero-order chi connectivity index (χ0) is 15.7. The van der Waals surface area contributed by atoms with E-state index in [2.05, 4.69) is 11.1 Å². The van der Waals surface area contributed by atoms with Crippen molar-refractivity contribution < 1.29 is 8.42 Å². The molecule has 1 aliphatic heterocycles. The van der Waals surface area contributed by atoms with E-state index in [1.807, 2.05) is 20.8 Å². The molecule has 0 spiro atoms. The first-order valence-corrected chi connectivity index (χ1v) is 9.55. The fourth-order valence-corrected chi connectivity index (χ4v) is 5.46. The molecule has 21 heavy (non-hydrogen) atoms. The van der Waals surface area contributed by atoms with Gasteiger partial charge in [-0.2, -0.15) is 9.57 Å². The molecule has 1 unspecified atom stereocenters. The minimum absolute atomic E-state index is 0.0459. The van der Waals surface area contributed by atoms with Crippen molar-refractivity contribution in [1.82, 2.24) is 9.29 Å². The number of nitrogens with zero attached hydrogens (tertiary/aromatic N) is 3. The van der Waals surface area contributed by atoms with Gasteiger partial charge < -0.3 is 0 Å². The molecule has 0 amide bonds. The molecule has 1 fully saturated rings. The maximum atomic E-state index is 12.6. The highest BCUT2D eigenvalue weighted by molar-refractivity contribution is 7.89. The first-order chi connectivity index (χ1) is 9.78. The number of rotatable bonds is 4. The van der Waals surface area contributed by atoms with Gasteiger partial charge in [-0.3, -0.25) is 0 Å². The van der Waals surface area contributed by atoms with Gasteiger partial charge in [0.15, 0.2) is 0 Å². The molecule has 0 aromatic carbocycles. The molecule has 1 aliphatic rings. The predicted octanol–water partition coefficient (Wildman–Crippen LogP) is 2.34. The molecule has 5 nitrogen and oxygen atoms in total. The van der Waals surface area contributed by atoms with Crippen molar-refractivity contribution in [3.05, 3.63) is 16.1 Å². The standard InChI is InChI=1S/C14H21N3O2S2/c1-11-12(20-10-16-11)5-8-21(18,19)17-7-4-6-14(2,3)13(17)9-15/h10,13H,4-8H2,1-3H3. The van der Waals surface area contributed by atoms with Crippen LogP contribution in [0.5, 0.6) is 0 Å². The number of hydrogen-bond donors (Lipinski definition) is 0. The van der Waals surface area contributed by atoms with E-state index in [9.17, 15) is 13.7 Å². The average molecular weight is 327 g/mol. The molecule has 1 saturated heterocycles. The third kappa shape index (κ3) is 3.44. The molecule has 0 radical (unpaired) electrons. The monoisotopic (exact) mass is 327 g/mol. The Kier molecular flexibility index (Phi) is 4.71. The van der Waals surface area contributed by atoms with Crippen molar-refractivity contribution >= 4 is 21.4 Å². The maximum Gasteiger partial charge on any atom is 0.215 e. The number of nitriles is 1. The summed E-state index contributed by atoms with van der Waals surface area (Å²) in [4.78, 5) is 5.14. The largest absolute Gasteiger partial charge is 0.250 e. The topological polar surface area (TPSA) is 74.1 Å². The van der Waals surface area contributed by atoms with Gasteiger partial charge in [-0.25, -0.2) is 13.4 Å². The van der Waals surface area contributed by atoms with Gasteiger partial charge in [-0.1, -0.05) is 13.8 Å². The minimum Gasteiger partial charge on any atom is -0.250 e. The van der Waals surface area contributed by atoms with Crippen LogP contribution in [-0.4, -0.2) is 36.0 Å². The quantitative estimate of drug-likeness (QED) is 0.851. The number of aromatic nitrogens is 1. The second-order valence-corrected chi connectivity index (χ2v) is 9.14. The van der Waals surface area contributed by atoms with E-state index in [1.165, 1.54) is 15.6 Å².